The fraction of sp³-hybridized carbons (Fsp3) is 0.589. The smallest absolute Gasteiger partial charge is 0.326 e. The minimum atomic E-state index is -1.72. The van der Waals surface area contributed by atoms with Crippen molar-refractivity contribution < 1.29 is 112 Å². The molecule has 0 unspecified atom stereocenters. The van der Waals surface area contributed by atoms with Gasteiger partial charge in [0.25, 0.3) is 0 Å². The Bertz CT molecular complexity index is 4960. The highest BCUT2D eigenvalue weighted by molar-refractivity contribution is 6.02. The molecule has 45 nitrogen and oxygen atoms in total. The SMILES string of the molecule is CC(C)C[C@H](NC(=O)[C@H](CCCCN)NC(=O)[C@@H]1CCCN1C(=O)[C@@H]1CCCN1C(=O)[C@H](CCC(N)=O)NC(=O)CNC(=O)[C@@H]1CCCN1C(=O)[C@H](CC(C)C)NC(=O)[C@H](CCCCN)NC(=O)[C@H](CCC(N)=O)NC(=O)[C@H](CCC(N)=O)NC(=O)[C@H](Cc1ccc(O)cc1)NC(=O)[C@@H](N)Cc1c[nH]c2ccccc12)C(=O)N[C@@H](CC(C)C)C(=O)N[C@H](C(=O)N[C@@H](Cc1ccc(O)cc1)C(=O)O)[C@@H](C)O. The zero-order valence-corrected chi connectivity index (χ0v) is 80.5. The molecule has 3 saturated heterocycles. The minimum absolute atomic E-state index is 0.00164. The number of phenols is 2. The summed E-state index contributed by atoms with van der Waals surface area (Å²) in [6, 6.07) is -2.66. The number of aromatic hydroxyl groups is 2. The number of unbranched alkanes of at least 4 members (excludes halogenated alkanes) is 2. The van der Waals surface area contributed by atoms with Crippen LogP contribution >= 0.6 is 0 Å². The molecule has 3 aliphatic rings. The first kappa shape index (κ1) is 114. The topological polar surface area (TPSA) is 731 Å². The predicted octanol–water partition coefficient (Wildman–Crippen LogP) is -2.99. The number of likely N-dealkylation sites (tertiary alicyclic amines) is 3. The summed E-state index contributed by atoms with van der Waals surface area (Å²) in [6.45, 7) is 11.4. The van der Waals surface area contributed by atoms with Gasteiger partial charge in [-0.15, -0.1) is 0 Å². The third-order valence-corrected chi connectivity index (χ3v) is 24.5. The van der Waals surface area contributed by atoms with E-state index in [9.17, 15) is 112 Å². The second-order valence-corrected chi connectivity index (χ2v) is 37.4. The molecule has 4 heterocycles. The Hall–Kier alpha value is -13.4. The molecule has 1 aromatic heterocycles. The van der Waals surface area contributed by atoms with Crippen molar-refractivity contribution in [3.63, 3.8) is 0 Å². The maximum Gasteiger partial charge on any atom is 0.326 e. The number of phenolic OH excluding ortho intramolecular Hbond substituents is 2. The molecule has 3 fully saturated rings. The van der Waals surface area contributed by atoms with Crippen molar-refractivity contribution in [1.29, 1.82) is 0 Å². The number of carboxylic acids is 1. The molecular weight excluding hydrogens is 1820 g/mol. The van der Waals surface area contributed by atoms with Gasteiger partial charge in [0.1, 0.15) is 96.1 Å². The summed E-state index contributed by atoms with van der Waals surface area (Å²) in [6.07, 6.45) is -0.679. The van der Waals surface area contributed by atoms with Gasteiger partial charge in [0.15, 0.2) is 0 Å². The van der Waals surface area contributed by atoms with E-state index in [0.29, 0.717) is 42.4 Å². The van der Waals surface area contributed by atoms with Gasteiger partial charge < -0.3 is 138 Å². The van der Waals surface area contributed by atoms with E-state index in [1.807, 2.05) is 24.3 Å². The zero-order chi connectivity index (χ0) is 103. The average molecular weight is 1960 g/mol. The molecule has 7 rings (SSSR count). The van der Waals surface area contributed by atoms with Crippen LogP contribution in [0, 0.1) is 17.8 Å². The first-order chi connectivity index (χ1) is 66.4. The maximum absolute atomic E-state index is 14.9. The highest BCUT2D eigenvalue weighted by atomic mass is 16.4. The molecule has 45 heteroatoms. The van der Waals surface area contributed by atoms with Crippen LogP contribution < -0.4 is 98.2 Å². The van der Waals surface area contributed by atoms with Gasteiger partial charge in [0.05, 0.1) is 18.7 Å². The number of H-pyrrole nitrogens is 1. The Morgan fingerprint density at radius 2 is 0.793 bits per heavy atom. The average Bonchev–Trinajstić information content (AvgIpc) is 1.61. The molecule has 4 aromatic rings. The number of nitrogens with one attached hydrogen (secondary N) is 13. The summed E-state index contributed by atoms with van der Waals surface area (Å²) in [5.41, 5.74) is 37.3. The number of aliphatic hydroxyl groups excluding tert-OH is 1. The van der Waals surface area contributed by atoms with E-state index >= 15 is 0 Å². The molecule has 140 heavy (non-hydrogen) atoms. The molecule has 0 saturated carbocycles. The molecule has 16 atom stereocenters. The van der Waals surface area contributed by atoms with Crippen LogP contribution in [-0.4, -0.2) is 288 Å². The third kappa shape index (κ3) is 35.8. The number of carbonyl (C=O) groups excluding carboxylic acids is 18. The molecule has 0 bridgehead atoms. The number of nitrogens with zero attached hydrogens (tertiary/aromatic N) is 3. The second kappa shape index (κ2) is 56.0. The van der Waals surface area contributed by atoms with Crippen LogP contribution in [0.2, 0.25) is 0 Å². The number of fused-ring (bicyclic) bond motifs is 1. The van der Waals surface area contributed by atoms with Crippen molar-refractivity contribution in [2.75, 3.05) is 39.3 Å². The lowest BCUT2D eigenvalue weighted by molar-refractivity contribution is -0.148. The Kier molecular flexibility index (Phi) is 45.4. The number of rotatable bonds is 58. The van der Waals surface area contributed by atoms with Gasteiger partial charge in [0, 0.05) is 68.8 Å². The van der Waals surface area contributed by atoms with E-state index in [-0.39, 0.29) is 158 Å². The molecule has 3 aliphatic heterocycles. The summed E-state index contributed by atoms with van der Waals surface area (Å²) < 4.78 is 0. The van der Waals surface area contributed by atoms with Gasteiger partial charge in [0.2, 0.25) is 106 Å². The summed E-state index contributed by atoms with van der Waals surface area (Å²) >= 11 is 0. The highest BCUT2D eigenvalue weighted by Gasteiger charge is 2.47. The largest absolute Gasteiger partial charge is 0.508 e. The number of primary amides is 3. The van der Waals surface area contributed by atoms with Gasteiger partial charge in [-0.25, -0.2) is 4.79 Å². The van der Waals surface area contributed by atoms with Crippen LogP contribution in [0.1, 0.15) is 200 Å². The minimum Gasteiger partial charge on any atom is -0.508 e. The van der Waals surface area contributed by atoms with E-state index in [4.69, 9.17) is 34.4 Å². The van der Waals surface area contributed by atoms with Gasteiger partial charge in [-0.05, 0) is 207 Å². The molecular formula is C95H142N22O23. The molecule has 29 N–H and O–H groups in total. The summed E-state index contributed by atoms with van der Waals surface area (Å²) in [5.74, 6) is -18.1. The number of para-hydroxylation sites is 1. The Labute approximate surface area is 812 Å². The fourth-order valence-electron chi connectivity index (χ4n) is 17.2. The maximum atomic E-state index is 14.9. The molecule has 18 amide bonds. The number of amides is 18. The number of benzene rings is 3. The van der Waals surface area contributed by atoms with Gasteiger partial charge in [-0.2, -0.15) is 0 Å². The second-order valence-electron chi connectivity index (χ2n) is 37.4. The molecule has 0 radical (unpaired) electrons. The van der Waals surface area contributed by atoms with Gasteiger partial charge >= 0.3 is 5.97 Å². The first-order valence-electron chi connectivity index (χ1n) is 47.9. The quantitative estimate of drug-likeness (QED) is 0.0196. The third-order valence-electron chi connectivity index (χ3n) is 24.5. The fourth-order valence-corrected chi connectivity index (χ4v) is 17.2. The van der Waals surface area contributed by atoms with E-state index < -0.39 is 248 Å². The lowest BCUT2D eigenvalue weighted by Crippen LogP contribution is -2.61. The van der Waals surface area contributed by atoms with Crippen LogP contribution in [0.5, 0.6) is 11.5 Å². The van der Waals surface area contributed by atoms with Crippen molar-refractivity contribution in [2.45, 2.75) is 299 Å². The number of aromatic nitrogens is 1. The number of nitrogens with two attached hydrogens (primary N) is 6. The van der Waals surface area contributed by atoms with Crippen LogP contribution in [0.15, 0.2) is 79.0 Å². The Morgan fingerprint density at radius 3 is 1.27 bits per heavy atom. The van der Waals surface area contributed by atoms with Crippen LogP contribution in [-0.2, 0) is 110 Å². The number of hydrogen-bond donors (Lipinski definition) is 23. The van der Waals surface area contributed by atoms with Gasteiger partial charge in [-0.3, -0.25) is 86.3 Å². The van der Waals surface area contributed by atoms with Crippen molar-refractivity contribution in [2.24, 2.45) is 52.2 Å². The van der Waals surface area contributed by atoms with Crippen molar-refractivity contribution in [3.05, 3.63) is 95.7 Å². The Balaban J connectivity index is 0.992. The van der Waals surface area contributed by atoms with Crippen molar-refractivity contribution in [3.8, 4) is 11.5 Å². The highest BCUT2D eigenvalue weighted by Crippen LogP contribution is 2.29. The number of hydrogen-bond acceptors (Lipinski definition) is 25. The lowest BCUT2D eigenvalue weighted by Gasteiger charge is -2.33. The number of aromatic amines is 1. The van der Waals surface area contributed by atoms with Gasteiger partial charge in [-0.1, -0.05) is 84.0 Å². The van der Waals surface area contributed by atoms with E-state index in [1.165, 1.54) is 70.2 Å². The number of carbonyl (C=O) groups is 19. The van der Waals surface area contributed by atoms with E-state index in [1.54, 1.807) is 47.7 Å². The monoisotopic (exact) mass is 1960 g/mol. The lowest BCUT2D eigenvalue weighted by atomic mass is 9.99. The molecule has 0 spiro atoms. The number of aliphatic carboxylic acids is 1. The summed E-state index contributed by atoms with van der Waals surface area (Å²) in [5, 5.41) is 72.6. The predicted molar refractivity (Wildman–Crippen MR) is 511 cm³/mol. The van der Waals surface area contributed by atoms with Crippen LogP contribution in [0.25, 0.3) is 10.9 Å². The van der Waals surface area contributed by atoms with Crippen LogP contribution in [0.4, 0.5) is 0 Å². The standard InChI is InChI=1S/C95H142N22O23/c1-51(2)43-68(86(130)111-69(44-52(3)4)88(132)114-80(54(7)118)91(135)113-72(95(139)140)47-56-26-30-59(120)31-27-56)110-82(126)64(20-11-13-39-97)108-90(134)74-22-15-41-116(74)94(138)75-23-16-42-117(75)92(136)67(34-37-78(101)123)104-79(124)50-103-89(133)73-21-14-40-115(73)93(137)71(45-53(5)6)112-83(127)63(19-10-12-38-96)105-84(128)65(32-35-76(99)121)106-85(129)66(33-36-77(100)122)107-87(131)70(46-55-24-28-58(119)29-25-55)109-81(125)61(98)48-57-49-102-62-18-9-8-17-60(57)62/h8-9,17-18,24-31,49,51-54,61,63-75,80,102,118-120H,10-16,19-23,32-48,50,96-98H2,1-7H3,(H2,99,121)(H2,100,122)(H2,101,123)(H,103,133)(H,104,124)(H,105,128)(H,106,129)(H,107,131)(H,108,134)(H,109,125)(H,110,126)(H,111,130)(H,112,127)(H,113,135)(H,114,132)(H,139,140)/t54-,61+,63+,64+,65+,66+,67+,68+,69+,70+,71+,72+,73+,74+,75+,80+/m1/s1. The van der Waals surface area contributed by atoms with Crippen LogP contribution in [0.3, 0.4) is 0 Å². The van der Waals surface area contributed by atoms with Crippen molar-refractivity contribution >= 4 is 123 Å². The molecule has 3 aromatic carbocycles. The Morgan fingerprint density at radius 1 is 0.407 bits per heavy atom. The summed E-state index contributed by atoms with van der Waals surface area (Å²) in [7, 11) is 0. The molecule has 0 aliphatic carbocycles. The summed E-state index contributed by atoms with van der Waals surface area (Å²) in [4.78, 5) is 273. The van der Waals surface area contributed by atoms with E-state index in [2.05, 4.69) is 68.8 Å². The van der Waals surface area contributed by atoms with E-state index in [0.717, 1.165) is 10.9 Å². The normalized spacial score (nSPS) is 17.4. The number of aliphatic hydroxyl groups is 1. The zero-order valence-electron chi connectivity index (χ0n) is 80.5. The van der Waals surface area contributed by atoms with Crippen molar-refractivity contribution in [1.82, 2.24) is 83.5 Å². The number of carboxylic acid groups (broad SMARTS) is 1. The first-order valence-corrected chi connectivity index (χ1v) is 47.9. The molecule has 770 valence electrons.